The van der Waals surface area contributed by atoms with Gasteiger partial charge < -0.3 is 10.3 Å². The fraction of sp³-hybridized carbons (Fsp3) is 0.429. The van der Waals surface area contributed by atoms with Crippen LogP contribution in [-0.4, -0.2) is 5.54 Å². The molecule has 0 aromatic carbocycles. The Bertz CT molecular complexity index is 196. The molecule has 0 saturated heterocycles. The van der Waals surface area contributed by atoms with Crippen LogP contribution in [-0.2, 0) is 0 Å². The maximum Gasteiger partial charge on any atom is 0.116 e. The van der Waals surface area contributed by atoms with E-state index in [1.54, 1.807) is 12.2 Å². The number of hydrogen-bond acceptors (Lipinski definition) is 1. The molecule has 1 atom stereocenters. The molecule has 0 aromatic heterocycles. The molecule has 1 aliphatic rings. The number of nitrogens with one attached hydrogen (secondary N) is 1. The molecule has 1 unspecified atom stereocenters. The smallest absolute Gasteiger partial charge is 0.116 e. The molecular weight excluding hydrogens is 150 g/mol. The molecule has 0 spiro atoms. The summed E-state index contributed by atoms with van der Waals surface area (Å²) in [5, 5.41) is 11.8. The van der Waals surface area contributed by atoms with Crippen LogP contribution in [0.15, 0.2) is 23.4 Å². The normalized spacial score (nSPS) is 30.0. The average Bonchev–Trinajstić information content (AvgIpc) is 1.78. The number of halogens is 1. The van der Waals surface area contributed by atoms with Crippen molar-refractivity contribution in [2.24, 2.45) is 0 Å². The lowest BCUT2D eigenvalue weighted by Crippen LogP contribution is -3.11. The maximum atomic E-state index is 11.1. The predicted molar refractivity (Wildman–Crippen MR) is 41.5 cm³/mol. The van der Waals surface area contributed by atoms with E-state index in [2.05, 4.69) is 0 Å². The summed E-state index contributed by atoms with van der Waals surface area (Å²) >= 11 is 5.69. The highest BCUT2D eigenvalue weighted by Gasteiger charge is 2.23. The van der Waals surface area contributed by atoms with Crippen LogP contribution >= 0.6 is 11.6 Å². The predicted octanol–water partition coefficient (Wildman–Crippen LogP) is 0.798. The van der Waals surface area contributed by atoms with E-state index >= 15 is 0 Å². The minimum atomic E-state index is -0.411. The maximum absolute atomic E-state index is 11.1. The van der Waals surface area contributed by atoms with Crippen molar-refractivity contribution < 1.29 is 5.06 Å². The third-order valence-electron chi connectivity index (χ3n) is 1.53. The Morgan fingerprint density at radius 1 is 1.60 bits per heavy atom. The largest absolute Gasteiger partial charge is 0.629 e. The van der Waals surface area contributed by atoms with Gasteiger partial charge in [0.15, 0.2) is 0 Å². The lowest BCUT2D eigenvalue weighted by atomic mass is 10.0. The Hall–Kier alpha value is -0.310. The molecule has 1 heterocycles. The van der Waals surface area contributed by atoms with Crippen LogP contribution < -0.4 is 5.06 Å². The monoisotopic (exact) mass is 159 g/mol. The number of hydroxylamine groups is 2. The molecule has 1 rings (SSSR count). The van der Waals surface area contributed by atoms with Crippen LogP contribution in [0.2, 0.25) is 0 Å². The first-order valence-corrected chi connectivity index (χ1v) is 3.51. The minimum absolute atomic E-state index is 0.108. The molecular formula is C7H10ClNO. The van der Waals surface area contributed by atoms with Crippen molar-refractivity contribution in [1.82, 2.24) is 0 Å². The first kappa shape index (κ1) is 7.79. The standard InChI is InChI=1S/C7H10ClNO/c1-7(2)5-6(8)3-4-9(7)10/h3-5,9H,1-2H3. The lowest BCUT2D eigenvalue weighted by molar-refractivity contribution is -0.840. The van der Waals surface area contributed by atoms with E-state index in [1.807, 2.05) is 13.8 Å². The molecule has 56 valence electrons. The molecule has 2 nitrogen and oxygen atoms in total. The minimum Gasteiger partial charge on any atom is -0.629 e. The molecule has 0 aliphatic carbocycles. The fourth-order valence-corrected chi connectivity index (χ4v) is 1.17. The number of quaternary nitrogens is 1. The molecule has 3 heteroatoms. The van der Waals surface area contributed by atoms with Gasteiger partial charge in [-0.15, -0.1) is 0 Å². The number of hydrogen-bond donors (Lipinski definition) is 1. The summed E-state index contributed by atoms with van der Waals surface area (Å²) in [5.41, 5.74) is -0.411. The molecule has 0 saturated carbocycles. The second-order valence-corrected chi connectivity index (χ2v) is 3.38. The van der Waals surface area contributed by atoms with Gasteiger partial charge in [-0.2, -0.15) is 0 Å². The SMILES string of the molecule is CC1(C)C=C(Cl)C=C[NH+]1[O-]. The number of allylic oxidation sites excluding steroid dienone is 2. The van der Waals surface area contributed by atoms with Gasteiger partial charge in [0.2, 0.25) is 0 Å². The van der Waals surface area contributed by atoms with E-state index < -0.39 is 5.54 Å². The van der Waals surface area contributed by atoms with Gasteiger partial charge in [-0.05, 0) is 19.9 Å². The van der Waals surface area contributed by atoms with E-state index in [9.17, 15) is 5.21 Å². The van der Waals surface area contributed by atoms with Crippen LogP contribution in [0, 0.1) is 5.21 Å². The Kier molecular flexibility index (Phi) is 1.86. The third-order valence-corrected chi connectivity index (χ3v) is 1.76. The number of rotatable bonds is 0. The Morgan fingerprint density at radius 2 is 2.20 bits per heavy atom. The summed E-state index contributed by atoms with van der Waals surface area (Å²) in [6, 6.07) is 0. The van der Waals surface area contributed by atoms with Crippen LogP contribution in [0.5, 0.6) is 0 Å². The first-order valence-electron chi connectivity index (χ1n) is 3.13. The topological polar surface area (TPSA) is 27.5 Å². The molecule has 1 aliphatic heterocycles. The summed E-state index contributed by atoms with van der Waals surface area (Å²) in [7, 11) is 0. The molecule has 0 aromatic rings. The average molecular weight is 160 g/mol. The zero-order chi connectivity index (χ0) is 7.78. The summed E-state index contributed by atoms with van der Waals surface area (Å²) in [4.78, 5) is 0. The zero-order valence-corrected chi connectivity index (χ0v) is 6.77. The fourth-order valence-electron chi connectivity index (χ4n) is 0.834. The van der Waals surface area contributed by atoms with Gasteiger partial charge in [0.25, 0.3) is 0 Å². The quantitative estimate of drug-likeness (QED) is 0.521. The van der Waals surface area contributed by atoms with Crippen molar-refractivity contribution in [3.8, 4) is 0 Å². The van der Waals surface area contributed by atoms with Crippen LogP contribution in [0.1, 0.15) is 13.8 Å². The summed E-state index contributed by atoms with van der Waals surface area (Å²) in [5.74, 6) is 0. The third kappa shape index (κ3) is 1.40. The van der Waals surface area contributed by atoms with E-state index in [0.29, 0.717) is 5.03 Å². The molecule has 1 N–H and O–H groups in total. The molecule has 0 amide bonds. The molecule has 10 heavy (non-hydrogen) atoms. The summed E-state index contributed by atoms with van der Waals surface area (Å²) < 4.78 is 0. The van der Waals surface area contributed by atoms with E-state index in [0.717, 1.165) is 0 Å². The van der Waals surface area contributed by atoms with Gasteiger partial charge in [-0.3, -0.25) is 0 Å². The molecule has 0 bridgehead atoms. The Morgan fingerprint density at radius 3 is 2.60 bits per heavy atom. The molecule has 0 radical (unpaired) electrons. The second-order valence-electron chi connectivity index (χ2n) is 2.95. The molecule has 0 fully saturated rings. The van der Waals surface area contributed by atoms with Crippen LogP contribution in [0.4, 0.5) is 0 Å². The first-order chi connectivity index (χ1) is 4.52. The lowest BCUT2D eigenvalue weighted by Gasteiger charge is -2.34. The Balaban J connectivity index is 2.88. The van der Waals surface area contributed by atoms with Gasteiger partial charge in [0, 0.05) is 11.1 Å². The van der Waals surface area contributed by atoms with E-state index in [4.69, 9.17) is 11.6 Å². The van der Waals surface area contributed by atoms with Crippen molar-refractivity contribution in [3.63, 3.8) is 0 Å². The van der Waals surface area contributed by atoms with Gasteiger partial charge >= 0.3 is 0 Å². The van der Waals surface area contributed by atoms with Crippen LogP contribution in [0.3, 0.4) is 0 Å². The van der Waals surface area contributed by atoms with Gasteiger partial charge in [-0.1, -0.05) is 11.6 Å². The van der Waals surface area contributed by atoms with E-state index in [-0.39, 0.29) is 5.06 Å². The van der Waals surface area contributed by atoms with Gasteiger partial charge in [0.05, 0.1) is 6.20 Å². The summed E-state index contributed by atoms with van der Waals surface area (Å²) in [6.45, 7) is 3.70. The zero-order valence-electron chi connectivity index (χ0n) is 6.02. The van der Waals surface area contributed by atoms with Crippen LogP contribution in [0.25, 0.3) is 0 Å². The van der Waals surface area contributed by atoms with Crippen molar-refractivity contribution in [3.05, 3.63) is 28.6 Å². The highest BCUT2D eigenvalue weighted by Crippen LogP contribution is 2.12. The van der Waals surface area contributed by atoms with Crippen molar-refractivity contribution in [2.45, 2.75) is 19.4 Å². The van der Waals surface area contributed by atoms with Gasteiger partial charge in [-0.25, -0.2) is 0 Å². The second kappa shape index (κ2) is 2.38. The Labute approximate surface area is 65.4 Å². The highest BCUT2D eigenvalue weighted by molar-refractivity contribution is 6.31. The van der Waals surface area contributed by atoms with E-state index in [1.165, 1.54) is 6.20 Å². The van der Waals surface area contributed by atoms with Crippen molar-refractivity contribution in [1.29, 1.82) is 0 Å². The van der Waals surface area contributed by atoms with Gasteiger partial charge in [0.1, 0.15) is 5.54 Å². The van der Waals surface area contributed by atoms with Crippen molar-refractivity contribution >= 4 is 11.6 Å². The van der Waals surface area contributed by atoms with Crippen molar-refractivity contribution in [2.75, 3.05) is 0 Å². The highest BCUT2D eigenvalue weighted by atomic mass is 35.5. The summed E-state index contributed by atoms with van der Waals surface area (Å²) in [6.07, 6.45) is 4.90.